The van der Waals surface area contributed by atoms with Gasteiger partial charge in [0.1, 0.15) is 5.75 Å². The summed E-state index contributed by atoms with van der Waals surface area (Å²) in [5, 5.41) is 9.38. The second kappa shape index (κ2) is 6.54. The molecule has 1 aromatic heterocycles. The highest BCUT2D eigenvalue weighted by molar-refractivity contribution is 7.92. The van der Waals surface area contributed by atoms with E-state index in [1.54, 1.807) is 18.4 Å². The first kappa shape index (κ1) is 17.5. The lowest BCUT2D eigenvalue weighted by molar-refractivity contribution is 0.475. The standard InChI is InChI=1S/C19H19NO3S2/c1-13-4-6-15(19-11-5-14(2)24-19)12-18(13)20(3)25(22,23)17-9-7-16(21)8-10-17/h4-12,21H,1-3H3. The highest BCUT2D eigenvalue weighted by atomic mass is 32.2. The van der Waals surface area contributed by atoms with Crippen molar-refractivity contribution >= 4 is 27.0 Å². The van der Waals surface area contributed by atoms with Crippen LogP contribution in [0.1, 0.15) is 10.4 Å². The number of thiophene rings is 1. The molecule has 0 saturated heterocycles. The van der Waals surface area contributed by atoms with E-state index < -0.39 is 10.0 Å². The van der Waals surface area contributed by atoms with Gasteiger partial charge >= 0.3 is 0 Å². The minimum atomic E-state index is -3.70. The van der Waals surface area contributed by atoms with E-state index in [-0.39, 0.29) is 10.6 Å². The topological polar surface area (TPSA) is 57.6 Å². The van der Waals surface area contributed by atoms with Crippen LogP contribution in [-0.4, -0.2) is 20.6 Å². The summed E-state index contributed by atoms with van der Waals surface area (Å²) in [6.45, 7) is 3.94. The molecule has 6 heteroatoms. The molecule has 0 atom stereocenters. The van der Waals surface area contributed by atoms with Gasteiger partial charge in [0.05, 0.1) is 10.6 Å². The minimum absolute atomic E-state index is 0.0350. The van der Waals surface area contributed by atoms with Crippen LogP contribution >= 0.6 is 11.3 Å². The molecule has 0 aliphatic carbocycles. The fourth-order valence-electron chi connectivity index (χ4n) is 2.60. The van der Waals surface area contributed by atoms with Gasteiger partial charge in [0.15, 0.2) is 0 Å². The third kappa shape index (κ3) is 3.41. The van der Waals surface area contributed by atoms with Crippen molar-refractivity contribution in [1.82, 2.24) is 0 Å². The quantitative estimate of drug-likeness (QED) is 0.729. The number of benzene rings is 2. The Kier molecular flexibility index (Phi) is 4.58. The van der Waals surface area contributed by atoms with Crippen LogP contribution in [0.15, 0.2) is 59.5 Å². The molecule has 2 aromatic carbocycles. The predicted octanol–water partition coefficient (Wildman–Crippen LogP) is 4.56. The van der Waals surface area contributed by atoms with Crippen LogP contribution in [0.25, 0.3) is 10.4 Å². The molecule has 3 rings (SSSR count). The summed E-state index contributed by atoms with van der Waals surface area (Å²) in [4.78, 5) is 2.46. The lowest BCUT2D eigenvalue weighted by Gasteiger charge is -2.22. The van der Waals surface area contributed by atoms with Crippen LogP contribution < -0.4 is 4.31 Å². The molecule has 0 aliphatic rings. The van der Waals surface area contributed by atoms with Crippen molar-refractivity contribution < 1.29 is 13.5 Å². The van der Waals surface area contributed by atoms with Crippen molar-refractivity contribution in [3.8, 4) is 16.2 Å². The van der Waals surface area contributed by atoms with E-state index in [2.05, 4.69) is 6.07 Å². The van der Waals surface area contributed by atoms with Gasteiger partial charge in [0.25, 0.3) is 10.0 Å². The number of nitrogens with zero attached hydrogens (tertiary/aromatic N) is 1. The molecule has 1 heterocycles. The van der Waals surface area contributed by atoms with Gasteiger partial charge in [-0.25, -0.2) is 8.42 Å². The molecule has 0 amide bonds. The van der Waals surface area contributed by atoms with Crippen LogP contribution in [0, 0.1) is 13.8 Å². The molecule has 3 aromatic rings. The maximum atomic E-state index is 12.9. The van der Waals surface area contributed by atoms with Crippen LogP contribution in [0.5, 0.6) is 5.75 Å². The van der Waals surface area contributed by atoms with E-state index >= 15 is 0 Å². The Morgan fingerprint density at radius 1 is 0.960 bits per heavy atom. The first-order valence-electron chi connectivity index (χ1n) is 7.74. The lowest BCUT2D eigenvalue weighted by atomic mass is 10.1. The van der Waals surface area contributed by atoms with Crippen LogP contribution in [0.2, 0.25) is 0 Å². The van der Waals surface area contributed by atoms with Crippen molar-refractivity contribution in [2.75, 3.05) is 11.4 Å². The number of anilines is 1. The van der Waals surface area contributed by atoms with E-state index in [9.17, 15) is 13.5 Å². The number of phenolic OH excluding ortho intramolecular Hbond substituents is 1. The minimum Gasteiger partial charge on any atom is -0.508 e. The SMILES string of the molecule is Cc1ccc(-c2ccc(C)c(N(C)S(=O)(=O)c3ccc(O)cc3)c2)s1. The average Bonchev–Trinajstić information content (AvgIpc) is 3.01. The largest absolute Gasteiger partial charge is 0.508 e. The normalized spacial score (nSPS) is 11.5. The lowest BCUT2D eigenvalue weighted by Crippen LogP contribution is -2.27. The van der Waals surface area contributed by atoms with Gasteiger partial charge in [-0.15, -0.1) is 11.3 Å². The van der Waals surface area contributed by atoms with Crippen molar-refractivity contribution in [2.45, 2.75) is 18.7 Å². The smallest absolute Gasteiger partial charge is 0.264 e. The molecule has 130 valence electrons. The zero-order valence-electron chi connectivity index (χ0n) is 14.2. The molecule has 0 radical (unpaired) electrons. The maximum Gasteiger partial charge on any atom is 0.264 e. The average molecular weight is 373 g/mol. The van der Waals surface area contributed by atoms with E-state index in [0.717, 1.165) is 16.0 Å². The molecule has 0 bridgehead atoms. The Morgan fingerprint density at radius 2 is 1.64 bits per heavy atom. The number of rotatable bonds is 4. The second-order valence-corrected chi connectivity index (χ2v) is 9.14. The molecular formula is C19H19NO3S2. The Morgan fingerprint density at radius 3 is 2.24 bits per heavy atom. The summed E-state index contributed by atoms with van der Waals surface area (Å²) in [6, 6.07) is 15.5. The van der Waals surface area contributed by atoms with Gasteiger partial charge in [0.2, 0.25) is 0 Å². The summed E-state index contributed by atoms with van der Waals surface area (Å²) in [7, 11) is -2.15. The molecular weight excluding hydrogens is 354 g/mol. The summed E-state index contributed by atoms with van der Waals surface area (Å²) in [6.07, 6.45) is 0. The molecule has 1 N–H and O–H groups in total. The van der Waals surface area contributed by atoms with Crippen LogP contribution in [0.4, 0.5) is 5.69 Å². The fraction of sp³-hybridized carbons (Fsp3) is 0.158. The fourth-order valence-corrected chi connectivity index (χ4v) is 4.71. The Hall–Kier alpha value is -2.31. The third-order valence-corrected chi connectivity index (χ3v) is 6.90. The van der Waals surface area contributed by atoms with Crippen molar-refractivity contribution in [1.29, 1.82) is 0 Å². The number of hydrogen-bond acceptors (Lipinski definition) is 4. The van der Waals surface area contributed by atoms with E-state index in [1.807, 2.05) is 38.1 Å². The van der Waals surface area contributed by atoms with Gasteiger partial charge in [0, 0.05) is 16.8 Å². The van der Waals surface area contributed by atoms with Crippen molar-refractivity contribution in [2.24, 2.45) is 0 Å². The van der Waals surface area contributed by atoms with E-state index in [1.165, 1.54) is 33.4 Å². The molecule has 0 saturated carbocycles. The molecule has 0 spiro atoms. The predicted molar refractivity (Wildman–Crippen MR) is 103 cm³/mol. The highest BCUT2D eigenvalue weighted by Crippen LogP contribution is 2.33. The molecule has 0 unspecified atom stereocenters. The first-order valence-corrected chi connectivity index (χ1v) is 10.00. The van der Waals surface area contributed by atoms with Crippen molar-refractivity contribution in [3.63, 3.8) is 0 Å². The monoisotopic (exact) mass is 373 g/mol. The first-order chi connectivity index (χ1) is 11.8. The summed E-state index contributed by atoms with van der Waals surface area (Å²) in [5.74, 6) is 0.0350. The van der Waals surface area contributed by atoms with E-state index in [4.69, 9.17) is 0 Å². The van der Waals surface area contributed by atoms with Gasteiger partial charge in [-0.05, 0) is 67.4 Å². The zero-order valence-corrected chi connectivity index (χ0v) is 15.9. The number of hydrogen-bond donors (Lipinski definition) is 1. The Balaban J connectivity index is 2.04. The molecule has 0 aliphatic heterocycles. The number of phenols is 1. The molecule has 4 nitrogen and oxygen atoms in total. The third-order valence-electron chi connectivity index (χ3n) is 4.07. The summed E-state index contributed by atoms with van der Waals surface area (Å²) >= 11 is 1.68. The van der Waals surface area contributed by atoms with Crippen LogP contribution in [-0.2, 0) is 10.0 Å². The van der Waals surface area contributed by atoms with Gasteiger partial charge < -0.3 is 5.11 Å². The summed E-state index contributed by atoms with van der Waals surface area (Å²) in [5.41, 5.74) is 2.50. The van der Waals surface area contributed by atoms with Gasteiger partial charge in [-0.2, -0.15) is 0 Å². The summed E-state index contributed by atoms with van der Waals surface area (Å²) < 4.78 is 27.1. The molecule has 25 heavy (non-hydrogen) atoms. The highest BCUT2D eigenvalue weighted by Gasteiger charge is 2.23. The van der Waals surface area contributed by atoms with E-state index in [0.29, 0.717) is 5.69 Å². The zero-order chi connectivity index (χ0) is 18.2. The maximum absolute atomic E-state index is 12.9. The number of sulfonamides is 1. The van der Waals surface area contributed by atoms with Crippen molar-refractivity contribution in [3.05, 3.63) is 65.0 Å². The van der Waals surface area contributed by atoms with Gasteiger partial charge in [-0.3, -0.25) is 4.31 Å². The van der Waals surface area contributed by atoms with Gasteiger partial charge in [-0.1, -0.05) is 12.1 Å². The second-order valence-electron chi connectivity index (χ2n) is 5.88. The van der Waals surface area contributed by atoms with Crippen LogP contribution in [0.3, 0.4) is 0 Å². The molecule has 0 fully saturated rings. The number of aromatic hydroxyl groups is 1. The Labute approximate surface area is 152 Å². The Bertz CT molecular complexity index is 1010. The number of aryl methyl sites for hydroxylation is 2.